The fourth-order valence-electron chi connectivity index (χ4n) is 6.90. The lowest BCUT2D eigenvalue weighted by Gasteiger charge is -2.57. The lowest BCUT2D eigenvalue weighted by molar-refractivity contribution is -0.116. The van der Waals surface area contributed by atoms with E-state index in [2.05, 4.69) is 31.4 Å². The molecule has 6 rings (SSSR count). The van der Waals surface area contributed by atoms with Crippen LogP contribution in [0, 0.1) is 17.8 Å². The SMILES string of the molecule is CCN(CC(=O)Nc1cc(C(C)(C)C)nn1-c1ccccc1Cl)C(=O)NC12CC3CC(CC(C3)C1)C2. The molecule has 0 saturated heterocycles. The van der Waals surface area contributed by atoms with E-state index >= 15 is 0 Å². The summed E-state index contributed by atoms with van der Waals surface area (Å²) in [5.41, 5.74) is 1.24. The molecule has 4 aliphatic carbocycles. The third-order valence-corrected chi connectivity index (χ3v) is 8.56. The van der Waals surface area contributed by atoms with Gasteiger partial charge in [0.25, 0.3) is 0 Å². The molecule has 2 aromatic rings. The summed E-state index contributed by atoms with van der Waals surface area (Å²) in [4.78, 5) is 28.1. The van der Waals surface area contributed by atoms with Crippen LogP contribution in [-0.4, -0.2) is 45.2 Å². The molecule has 194 valence electrons. The number of urea groups is 1. The van der Waals surface area contributed by atoms with Crippen LogP contribution in [0.3, 0.4) is 0 Å². The van der Waals surface area contributed by atoms with E-state index < -0.39 is 0 Å². The highest BCUT2D eigenvalue weighted by atomic mass is 35.5. The molecule has 0 atom stereocenters. The second kappa shape index (κ2) is 9.40. The molecule has 4 bridgehead atoms. The topological polar surface area (TPSA) is 79.3 Å². The van der Waals surface area contributed by atoms with E-state index in [0.717, 1.165) is 42.7 Å². The summed E-state index contributed by atoms with van der Waals surface area (Å²) < 4.78 is 1.67. The number of anilines is 1. The van der Waals surface area contributed by atoms with Crippen LogP contribution >= 0.6 is 11.6 Å². The van der Waals surface area contributed by atoms with Crippen LogP contribution in [0.1, 0.15) is 71.9 Å². The zero-order chi connectivity index (χ0) is 25.7. The lowest BCUT2D eigenvalue weighted by Crippen LogP contribution is -2.62. The van der Waals surface area contributed by atoms with Gasteiger partial charge in [-0.2, -0.15) is 5.10 Å². The molecule has 2 N–H and O–H groups in total. The Morgan fingerprint density at radius 1 is 1.11 bits per heavy atom. The minimum atomic E-state index is -0.258. The molecule has 0 radical (unpaired) electrons. The predicted octanol–water partition coefficient (Wildman–Crippen LogP) is 5.76. The molecule has 8 heteroatoms. The van der Waals surface area contributed by atoms with Crippen molar-refractivity contribution in [2.75, 3.05) is 18.4 Å². The minimum Gasteiger partial charge on any atom is -0.333 e. The molecular weight excluding hydrogens is 474 g/mol. The highest BCUT2D eigenvalue weighted by molar-refractivity contribution is 6.32. The highest BCUT2D eigenvalue weighted by Crippen LogP contribution is 2.55. The molecule has 0 aliphatic heterocycles. The van der Waals surface area contributed by atoms with Crippen LogP contribution in [0.4, 0.5) is 10.6 Å². The van der Waals surface area contributed by atoms with Gasteiger partial charge in [-0.15, -0.1) is 0 Å². The van der Waals surface area contributed by atoms with Crippen LogP contribution in [0.2, 0.25) is 5.02 Å². The first-order chi connectivity index (χ1) is 17.0. The summed E-state index contributed by atoms with van der Waals surface area (Å²) in [6.45, 7) is 8.58. The van der Waals surface area contributed by atoms with Crippen molar-refractivity contribution >= 4 is 29.4 Å². The normalized spacial score (nSPS) is 26.6. The Balaban J connectivity index is 1.30. The fraction of sp³-hybridized carbons (Fsp3) is 0.607. The third kappa shape index (κ3) is 4.99. The second-order valence-electron chi connectivity index (χ2n) is 12.2. The van der Waals surface area contributed by atoms with E-state index in [9.17, 15) is 9.59 Å². The number of carbonyl (C=O) groups excluding carboxylic acids is 2. The smallest absolute Gasteiger partial charge is 0.318 e. The van der Waals surface area contributed by atoms with Crippen molar-refractivity contribution in [3.05, 3.63) is 41.0 Å². The molecule has 4 fully saturated rings. The van der Waals surface area contributed by atoms with E-state index in [0.29, 0.717) is 23.1 Å². The lowest BCUT2D eigenvalue weighted by atomic mass is 9.53. The Morgan fingerprint density at radius 3 is 2.28 bits per heavy atom. The molecule has 1 heterocycles. The van der Waals surface area contributed by atoms with Crippen molar-refractivity contribution in [3.63, 3.8) is 0 Å². The van der Waals surface area contributed by atoms with E-state index in [4.69, 9.17) is 16.7 Å². The van der Waals surface area contributed by atoms with Crippen LogP contribution < -0.4 is 10.6 Å². The molecule has 1 aromatic carbocycles. The van der Waals surface area contributed by atoms with Crippen molar-refractivity contribution < 1.29 is 9.59 Å². The Morgan fingerprint density at radius 2 is 1.72 bits per heavy atom. The number of hydrogen-bond acceptors (Lipinski definition) is 3. The number of carbonyl (C=O) groups is 2. The number of aromatic nitrogens is 2. The van der Waals surface area contributed by atoms with Crippen molar-refractivity contribution in [1.29, 1.82) is 0 Å². The van der Waals surface area contributed by atoms with E-state index in [1.54, 1.807) is 15.6 Å². The van der Waals surface area contributed by atoms with Crippen molar-refractivity contribution in [2.24, 2.45) is 17.8 Å². The highest BCUT2D eigenvalue weighted by Gasteiger charge is 2.51. The molecule has 7 nitrogen and oxygen atoms in total. The first-order valence-corrected chi connectivity index (χ1v) is 13.7. The first kappa shape index (κ1) is 25.1. The number of hydrogen-bond donors (Lipinski definition) is 2. The van der Waals surface area contributed by atoms with Crippen molar-refractivity contribution in [1.82, 2.24) is 20.0 Å². The van der Waals surface area contributed by atoms with Gasteiger partial charge in [0, 0.05) is 23.6 Å². The van der Waals surface area contributed by atoms with E-state index in [1.807, 2.05) is 31.2 Å². The van der Waals surface area contributed by atoms with Crippen LogP contribution in [-0.2, 0) is 10.2 Å². The molecule has 0 unspecified atom stereocenters. The van der Waals surface area contributed by atoms with Gasteiger partial charge in [0.2, 0.25) is 5.91 Å². The monoisotopic (exact) mass is 511 g/mol. The molecule has 4 aliphatic rings. The van der Waals surface area contributed by atoms with Crippen LogP contribution in [0.15, 0.2) is 30.3 Å². The maximum absolute atomic E-state index is 13.3. The second-order valence-corrected chi connectivity index (χ2v) is 12.6. The van der Waals surface area contributed by atoms with E-state index in [-0.39, 0.29) is 29.4 Å². The summed E-state index contributed by atoms with van der Waals surface area (Å²) >= 11 is 6.45. The summed E-state index contributed by atoms with van der Waals surface area (Å²) in [5.74, 6) is 2.52. The first-order valence-electron chi connectivity index (χ1n) is 13.3. The summed E-state index contributed by atoms with van der Waals surface area (Å²) in [6.07, 6.45) is 7.23. The molecule has 36 heavy (non-hydrogen) atoms. The number of amides is 3. The Bertz CT molecular complexity index is 1120. The average molecular weight is 512 g/mol. The van der Waals surface area contributed by atoms with Crippen molar-refractivity contribution in [2.45, 2.75) is 77.2 Å². The molecule has 3 amide bonds. The summed E-state index contributed by atoms with van der Waals surface area (Å²) in [7, 11) is 0. The molecule has 1 aromatic heterocycles. The number of benzene rings is 1. The van der Waals surface area contributed by atoms with Gasteiger partial charge < -0.3 is 15.5 Å². The van der Waals surface area contributed by atoms with Crippen LogP contribution in [0.25, 0.3) is 5.69 Å². The Kier molecular flexibility index (Phi) is 6.56. The standard InChI is InChI=1S/C28H38ClN5O2/c1-5-33(26(36)31-28-14-18-10-19(15-28)12-20(11-18)16-28)17-25(35)30-24-13-23(27(2,3)4)32-34(24)22-9-7-6-8-21(22)29/h6-9,13,18-20H,5,10-12,14-17H2,1-4H3,(H,30,35)(H,31,36). The number of likely N-dealkylation sites (N-methyl/N-ethyl adjacent to an activating group) is 1. The van der Waals surface area contributed by atoms with Gasteiger partial charge in [-0.25, -0.2) is 9.48 Å². The molecular formula is C28H38ClN5O2. The number of rotatable bonds is 6. The van der Waals surface area contributed by atoms with Gasteiger partial charge in [-0.05, 0) is 75.3 Å². The summed E-state index contributed by atoms with van der Waals surface area (Å²) in [6, 6.07) is 9.17. The quantitative estimate of drug-likeness (QED) is 0.517. The van der Waals surface area contributed by atoms with Gasteiger partial charge in [0.15, 0.2) is 0 Å². The fourth-order valence-corrected chi connectivity index (χ4v) is 7.11. The van der Waals surface area contributed by atoms with Crippen molar-refractivity contribution in [3.8, 4) is 5.69 Å². The van der Waals surface area contributed by atoms with Gasteiger partial charge in [-0.1, -0.05) is 44.5 Å². The van der Waals surface area contributed by atoms with Gasteiger partial charge in [0.05, 0.1) is 16.4 Å². The summed E-state index contributed by atoms with van der Waals surface area (Å²) in [5, 5.41) is 11.7. The van der Waals surface area contributed by atoms with Gasteiger partial charge in [-0.3, -0.25) is 4.79 Å². The maximum atomic E-state index is 13.3. The average Bonchev–Trinajstić information content (AvgIpc) is 3.20. The van der Waals surface area contributed by atoms with Gasteiger partial charge >= 0.3 is 6.03 Å². The third-order valence-electron chi connectivity index (χ3n) is 8.24. The minimum absolute atomic E-state index is 0.0206. The number of nitrogens with zero attached hydrogens (tertiary/aromatic N) is 3. The number of para-hydroxylation sites is 1. The Labute approximate surface area is 218 Å². The molecule has 0 spiro atoms. The zero-order valence-corrected chi connectivity index (χ0v) is 22.6. The largest absolute Gasteiger partial charge is 0.333 e. The Hall–Kier alpha value is -2.54. The van der Waals surface area contributed by atoms with Crippen LogP contribution in [0.5, 0.6) is 0 Å². The molecule has 4 saturated carbocycles. The number of nitrogens with one attached hydrogen (secondary N) is 2. The van der Waals surface area contributed by atoms with E-state index in [1.165, 1.54) is 19.3 Å². The maximum Gasteiger partial charge on any atom is 0.318 e. The predicted molar refractivity (Wildman–Crippen MR) is 143 cm³/mol. The van der Waals surface area contributed by atoms with Gasteiger partial charge in [0.1, 0.15) is 12.4 Å². The number of halogens is 1. The zero-order valence-electron chi connectivity index (χ0n) is 21.8.